The maximum atomic E-state index is 12.4. The molecule has 0 aliphatic heterocycles. The SMILES string of the molecule is C=CC1CCC(C(=O)N(C)Cc2ccccc2)CC1. The van der Waals surface area contributed by atoms with E-state index in [4.69, 9.17) is 0 Å². The zero-order valence-electron chi connectivity index (χ0n) is 11.7. The molecule has 19 heavy (non-hydrogen) atoms. The molecule has 2 rings (SSSR count). The lowest BCUT2D eigenvalue weighted by molar-refractivity contribution is -0.135. The van der Waals surface area contributed by atoms with Gasteiger partial charge in [-0.25, -0.2) is 0 Å². The third-order valence-electron chi connectivity index (χ3n) is 4.09. The Bertz CT molecular complexity index is 418. The van der Waals surface area contributed by atoms with Gasteiger partial charge < -0.3 is 4.90 Å². The summed E-state index contributed by atoms with van der Waals surface area (Å²) in [6.07, 6.45) is 6.27. The van der Waals surface area contributed by atoms with Gasteiger partial charge in [0.25, 0.3) is 0 Å². The van der Waals surface area contributed by atoms with Gasteiger partial charge in [-0.1, -0.05) is 36.4 Å². The summed E-state index contributed by atoms with van der Waals surface area (Å²) in [5, 5.41) is 0. The lowest BCUT2D eigenvalue weighted by Gasteiger charge is -2.29. The van der Waals surface area contributed by atoms with Gasteiger partial charge in [-0.2, -0.15) is 0 Å². The first-order valence-corrected chi connectivity index (χ1v) is 7.12. The lowest BCUT2D eigenvalue weighted by Crippen LogP contribution is -2.34. The van der Waals surface area contributed by atoms with Crippen LogP contribution < -0.4 is 0 Å². The summed E-state index contributed by atoms with van der Waals surface area (Å²) in [4.78, 5) is 14.3. The smallest absolute Gasteiger partial charge is 0.225 e. The van der Waals surface area contributed by atoms with E-state index < -0.39 is 0 Å². The second kappa shape index (κ2) is 6.55. The summed E-state index contributed by atoms with van der Waals surface area (Å²) < 4.78 is 0. The van der Waals surface area contributed by atoms with Gasteiger partial charge >= 0.3 is 0 Å². The van der Waals surface area contributed by atoms with Crippen molar-refractivity contribution in [2.75, 3.05) is 7.05 Å². The molecule has 0 spiro atoms. The first kappa shape index (κ1) is 13.9. The van der Waals surface area contributed by atoms with Gasteiger partial charge in [-0.05, 0) is 37.2 Å². The van der Waals surface area contributed by atoms with E-state index in [0.717, 1.165) is 25.7 Å². The normalized spacial score (nSPS) is 22.8. The Balaban J connectivity index is 1.87. The molecule has 0 heterocycles. The molecule has 1 amide bonds. The molecule has 0 bridgehead atoms. The average molecular weight is 257 g/mol. The van der Waals surface area contributed by atoms with E-state index in [-0.39, 0.29) is 5.92 Å². The molecule has 2 nitrogen and oxygen atoms in total. The molecule has 0 saturated heterocycles. The maximum Gasteiger partial charge on any atom is 0.225 e. The summed E-state index contributed by atoms with van der Waals surface area (Å²) in [5.74, 6) is 1.12. The standard InChI is InChI=1S/C17H23NO/c1-3-14-9-11-16(12-10-14)17(19)18(2)13-15-7-5-4-6-8-15/h3-8,14,16H,1,9-13H2,2H3. The number of hydrogen-bond donors (Lipinski definition) is 0. The molecule has 1 aliphatic carbocycles. The predicted octanol–water partition coefficient (Wildman–Crippen LogP) is 3.64. The fourth-order valence-electron chi connectivity index (χ4n) is 2.85. The molecule has 1 fully saturated rings. The third kappa shape index (κ3) is 3.69. The van der Waals surface area contributed by atoms with Crippen LogP contribution in [0.1, 0.15) is 31.2 Å². The van der Waals surface area contributed by atoms with E-state index in [1.165, 1.54) is 5.56 Å². The van der Waals surface area contributed by atoms with E-state index in [1.54, 1.807) is 0 Å². The van der Waals surface area contributed by atoms with Crippen LogP contribution in [0.15, 0.2) is 43.0 Å². The molecule has 1 saturated carbocycles. The predicted molar refractivity (Wildman–Crippen MR) is 78.6 cm³/mol. The van der Waals surface area contributed by atoms with Crippen LogP contribution in [0, 0.1) is 11.8 Å². The number of allylic oxidation sites excluding steroid dienone is 1. The lowest BCUT2D eigenvalue weighted by atomic mass is 9.81. The van der Waals surface area contributed by atoms with Crippen molar-refractivity contribution in [3.63, 3.8) is 0 Å². The van der Waals surface area contributed by atoms with E-state index >= 15 is 0 Å². The van der Waals surface area contributed by atoms with Crippen LogP contribution in [0.25, 0.3) is 0 Å². The van der Waals surface area contributed by atoms with E-state index in [9.17, 15) is 4.79 Å². The highest BCUT2D eigenvalue weighted by molar-refractivity contribution is 5.78. The molecular weight excluding hydrogens is 234 g/mol. The van der Waals surface area contributed by atoms with Gasteiger partial charge in [0.2, 0.25) is 5.91 Å². The molecule has 0 N–H and O–H groups in total. The van der Waals surface area contributed by atoms with Gasteiger partial charge in [0.05, 0.1) is 0 Å². The minimum Gasteiger partial charge on any atom is -0.341 e. The van der Waals surface area contributed by atoms with Crippen LogP contribution in [-0.2, 0) is 11.3 Å². The van der Waals surface area contributed by atoms with Crippen molar-refractivity contribution in [2.24, 2.45) is 11.8 Å². The molecular formula is C17H23NO. The fraction of sp³-hybridized carbons (Fsp3) is 0.471. The quantitative estimate of drug-likeness (QED) is 0.754. The topological polar surface area (TPSA) is 20.3 Å². The third-order valence-corrected chi connectivity index (χ3v) is 4.09. The summed E-state index contributed by atoms with van der Waals surface area (Å²) in [7, 11) is 1.91. The van der Waals surface area contributed by atoms with Gasteiger partial charge in [0.15, 0.2) is 0 Å². The second-order valence-electron chi connectivity index (χ2n) is 5.53. The number of nitrogens with zero attached hydrogens (tertiary/aromatic N) is 1. The first-order chi connectivity index (χ1) is 9.20. The van der Waals surface area contributed by atoms with Gasteiger partial charge in [0, 0.05) is 19.5 Å². The Labute approximate surface area is 116 Å². The number of hydrogen-bond acceptors (Lipinski definition) is 1. The van der Waals surface area contributed by atoms with Gasteiger partial charge in [-0.15, -0.1) is 6.58 Å². The average Bonchev–Trinajstić information content (AvgIpc) is 2.47. The van der Waals surface area contributed by atoms with Crippen molar-refractivity contribution < 1.29 is 4.79 Å². The van der Waals surface area contributed by atoms with Crippen molar-refractivity contribution in [1.82, 2.24) is 4.90 Å². The largest absolute Gasteiger partial charge is 0.341 e. The molecule has 0 atom stereocenters. The second-order valence-corrected chi connectivity index (χ2v) is 5.53. The van der Waals surface area contributed by atoms with E-state index in [0.29, 0.717) is 18.4 Å². The first-order valence-electron chi connectivity index (χ1n) is 7.12. The van der Waals surface area contributed by atoms with Crippen molar-refractivity contribution in [3.8, 4) is 0 Å². The molecule has 0 radical (unpaired) electrons. The Hall–Kier alpha value is -1.57. The molecule has 0 aromatic heterocycles. The highest BCUT2D eigenvalue weighted by Crippen LogP contribution is 2.30. The van der Waals surface area contributed by atoms with Crippen LogP contribution in [0.3, 0.4) is 0 Å². The Morgan fingerprint density at radius 3 is 2.47 bits per heavy atom. The van der Waals surface area contributed by atoms with Crippen LogP contribution in [0.2, 0.25) is 0 Å². The van der Waals surface area contributed by atoms with E-state index in [1.807, 2.05) is 36.2 Å². The number of benzene rings is 1. The summed E-state index contributed by atoms with van der Waals surface area (Å²) >= 11 is 0. The Morgan fingerprint density at radius 1 is 1.26 bits per heavy atom. The minimum atomic E-state index is 0.213. The van der Waals surface area contributed by atoms with Crippen LogP contribution in [0.4, 0.5) is 0 Å². The summed E-state index contributed by atoms with van der Waals surface area (Å²) in [6, 6.07) is 10.2. The van der Waals surface area contributed by atoms with Crippen LogP contribution >= 0.6 is 0 Å². The van der Waals surface area contributed by atoms with Crippen LogP contribution in [0.5, 0.6) is 0 Å². The molecule has 102 valence electrons. The number of carbonyl (C=O) groups is 1. The number of amides is 1. The van der Waals surface area contributed by atoms with Gasteiger partial charge in [0.1, 0.15) is 0 Å². The summed E-state index contributed by atoms with van der Waals surface area (Å²) in [5.41, 5.74) is 1.19. The molecule has 1 aliphatic rings. The van der Waals surface area contributed by atoms with Crippen LogP contribution in [-0.4, -0.2) is 17.9 Å². The molecule has 1 aromatic carbocycles. The molecule has 1 aromatic rings. The van der Waals surface area contributed by atoms with Crippen molar-refractivity contribution in [3.05, 3.63) is 48.6 Å². The van der Waals surface area contributed by atoms with Crippen molar-refractivity contribution >= 4 is 5.91 Å². The Kier molecular flexibility index (Phi) is 4.78. The van der Waals surface area contributed by atoms with E-state index in [2.05, 4.69) is 18.7 Å². The summed E-state index contributed by atoms with van der Waals surface area (Å²) in [6.45, 7) is 4.56. The minimum absolute atomic E-state index is 0.213. The maximum absolute atomic E-state index is 12.4. The van der Waals surface area contributed by atoms with Gasteiger partial charge in [-0.3, -0.25) is 4.79 Å². The number of carbonyl (C=O) groups excluding carboxylic acids is 1. The monoisotopic (exact) mass is 257 g/mol. The zero-order chi connectivity index (χ0) is 13.7. The number of rotatable bonds is 4. The van der Waals surface area contributed by atoms with Crippen molar-refractivity contribution in [1.29, 1.82) is 0 Å². The molecule has 2 heteroatoms. The Morgan fingerprint density at radius 2 is 1.89 bits per heavy atom. The highest BCUT2D eigenvalue weighted by atomic mass is 16.2. The fourth-order valence-corrected chi connectivity index (χ4v) is 2.85. The zero-order valence-corrected chi connectivity index (χ0v) is 11.7. The molecule has 0 unspecified atom stereocenters. The van der Waals surface area contributed by atoms with Crippen molar-refractivity contribution in [2.45, 2.75) is 32.2 Å². The highest BCUT2D eigenvalue weighted by Gasteiger charge is 2.27.